The Balaban J connectivity index is 0.000000943. The Morgan fingerprint density at radius 1 is 0.618 bits per heavy atom. The molecule has 0 saturated carbocycles. The van der Waals surface area contributed by atoms with E-state index in [1.54, 1.807) is 27.7 Å². The van der Waals surface area contributed by atoms with Crippen molar-refractivity contribution in [1.82, 2.24) is 0 Å². The van der Waals surface area contributed by atoms with E-state index in [-0.39, 0.29) is 51.2 Å². The molecular formula is C32H60N6O16S. The third kappa shape index (κ3) is 19.0. The van der Waals surface area contributed by atoms with E-state index in [0.717, 1.165) is 12.8 Å². The second-order valence-electron chi connectivity index (χ2n) is 11.8. The van der Waals surface area contributed by atoms with Crippen LogP contribution in [0.3, 0.4) is 0 Å². The summed E-state index contributed by atoms with van der Waals surface area (Å²) in [5.41, 5.74) is 18.1. The summed E-state index contributed by atoms with van der Waals surface area (Å²) in [7, 11) is -5.17. The molecule has 0 bridgehead atoms. The van der Waals surface area contributed by atoms with Crippen molar-refractivity contribution in [2.75, 3.05) is 65.9 Å². The van der Waals surface area contributed by atoms with Crippen LogP contribution in [0.15, 0.2) is 0 Å². The first-order chi connectivity index (χ1) is 26.0. The highest BCUT2D eigenvalue weighted by Crippen LogP contribution is 2.39. The smallest absolute Gasteiger partial charge is 0.338 e. The highest BCUT2D eigenvalue weighted by molar-refractivity contribution is 7.79. The van der Waals surface area contributed by atoms with E-state index in [1.807, 2.05) is 0 Å². The van der Waals surface area contributed by atoms with Crippen molar-refractivity contribution in [2.24, 2.45) is 33.8 Å². The standard InChI is InChI=1S/2C16H29N3O6.H2O4S/c2*1-3-22-12(20)16(13(21)23-4-2)8-7-11-25-14(16)24-10-6-5-9-19-15(17)18;1-5(2,3)4/h2*14H,3-11H2,1-2H3,(H4,17,18,19);(H2,1,2,3,4). The van der Waals surface area contributed by atoms with E-state index in [9.17, 15) is 19.2 Å². The number of nitrogens with two attached hydrogens (primary N) is 4. The molecular weight excluding hydrogens is 756 g/mol. The van der Waals surface area contributed by atoms with Crippen molar-refractivity contribution in [2.45, 2.75) is 91.6 Å². The highest BCUT2D eigenvalue weighted by Gasteiger charge is 2.59. The van der Waals surface area contributed by atoms with E-state index in [0.29, 0.717) is 65.2 Å². The molecule has 2 unspecified atom stereocenters. The van der Waals surface area contributed by atoms with Gasteiger partial charge in [0.2, 0.25) is 10.8 Å². The van der Waals surface area contributed by atoms with Gasteiger partial charge in [-0.05, 0) is 79.1 Å². The van der Waals surface area contributed by atoms with Gasteiger partial charge in [0.25, 0.3) is 0 Å². The summed E-state index contributed by atoms with van der Waals surface area (Å²) >= 11 is 0. The second-order valence-corrected chi connectivity index (χ2v) is 12.6. The zero-order chi connectivity index (χ0) is 41.9. The van der Waals surface area contributed by atoms with Gasteiger partial charge in [-0.2, -0.15) is 0 Å². The molecule has 22 nitrogen and oxygen atoms in total. The van der Waals surface area contributed by atoms with Crippen LogP contribution < -0.4 is 32.9 Å². The Hall–Kier alpha value is -3.87. The van der Waals surface area contributed by atoms with Crippen molar-refractivity contribution in [1.29, 1.82) is 0 Å². The number of carbonyl (C=O) groups excluding carboxylic acids is 4. The lowest BCUT2D eigenvalue weighted by Gasteiger charge is -2.38. The molecule has 0 aliphatic carbocycles. The van der Waals surface area contributed by atoms with Gasteiger partial charge in [0.1, 0.15) is 0 Å². The van der Waals surface area contributed by atoms with E-state index < -0.39 is 57.7 Å². The largest absolute Gasteiger partial charge is 0.759 e. The first-order valence-corrected chi connectivity index (χ1v) is 19.4. The quantitative estimate of drug-likeness (QED) is 0.00984. The number of rotatable bonds is 20. The molecule has 0 aromatic rings. The predicted octanol–water partition coefficient (Wildman–Crippen LogP) is -4.57. The third-order valence-corrected chi connectivity index (χ3v) is 7.67. The van der Waals surface area contributed by atoms with Crippen molar-refractivity contribution in [3.8, 4) is 0 Å². The molecule has 320 valence electrons. The molecule has 0 aromatic carbocycles. The lowest BCUT2D eigenvalue weighted by Crippen LogP contribution is -2.78. The van der Waals surface area contributed by atoms with Crippen LogP contribution in [0.1, 0.15) is 79.1 Å². The summed E-state index contributed by atoms with van der Waals surface area (Å²) in [4.78, 5) is 55.7. The SMILES string of the molecule is CCOC(=O)C1(C(=O)OCC)CCCOC1OCCCC[NH+]=C(N)N.CCOC(=O)C1(C(=O)OCC)CCCOC1OCCCC[NH+]=C(N)N.O=S(=O)([O-])[O-]. The topological polar surface area (TPSA) is 354 Å². The van der Waals surface area contributed by atoms with E-state index >= 15 is 0 Å². The molecule has 55 heavy (non-hydrogen) atoms. The molecule has 2 heterocycles. The van der Waals surface area contributed by atoms with E-state index in [1.165, 1.54) is 0 Å². The average Bonchev–Trinajstić information content (AvgIpc) is 3.11. The van der Waals surface area contributed by atoms with Gasteiger partial charge in [0.15, 0.2) is 12.6 Å². The summed E-state index contributed by atoms with van der Waals surface area (Å²) in [6, 6.07) is 0. The molecule has 2 atom stereocenters. The Morgan fingerprint density at radius 2 is 0.909 bits per heavy atom. The number of nitrogens with one attached hydrogen (secondary N) is 2. The van der Waals surface area contributed by atoms with Gasteiger partial charge in [-0.15, -0.1) is 0 Å². The molecule has 2 aliphatic heterocycles. The van der Waals surface area contributed by atoms with Crippen LogP contribution in [0.2, 0.25) is 0 Å². The first-order valence-electron chi connectivity index (χ1n) is 18.0. The van der Waals surface area contributed by atoms with E-state index in [4.69, 9.17) is 78.4 Å². The minimum absolute atomic E-state index is 0.162. The van der Waals surface area contributed by atoms with Crippen LogP contribution in [-0.4, -0.2) is 132 Å². The van der Waals surface area contributed by atoms with Crippen molar-refractivity contribution >= 4 is 46.2 Å². The molecule has 2 aliphatic rings. The van der Waals surface area contributed by atoms with Gasteiger partial charge in [-0.25, -0.2) is 0 Å². The summed E-state index contributed by atoms with van der Waals surface area (Å²) < 4.78 is 77.2. The van der Waals surface area contributed by atoms with E-state index in [2.05, 4.69) is 9.98 Å². The van der Waals surface area contributed by atoms with Gasteiger partial charge in [0, 0.05) is 36.8 Å². The van der Waals surface area contributed by atoms with Gasteiger partial charge in [0.05, 0.1) is 39.5 Å². The molecule has 2 saturated heterocycles. The lowest BCUT2D eigenvalue weighted by atomic mass is 9.80. The predicted molar refractivity (Wildman–Crippen MR) is 189 cm³/mol. The summed E-state index contributed by atoms with van der Waals surface area (Å²) in [6.45, 7) is 10.1. The average molecular weight is 817 g/mol. The number of unbranched alkanes of at least 4 members (excludes halogenated alkanes) is 2. The molecule has 0 radical (unpaired) electrons. The maximum absolute atomic E-state index is 12.5. The fourth-order valence-corrected chi connectivity index (χ4v) is 5.28. The number of guanidine groups is 2. The Morgan fingerprint density at radius 3 is 1.16 bits per heavy atom. The van der Waals surface area contributed by atoms with Crippen molar-refractivity contribution < 1.29 is 84.6 Å². The van der Waals surface area contributed by atoms with Gasteiger partial charge in [-0.1, -0.05) is 0 Å². The van der Waals surface area contributed by atoms with Crippen molar-refractivity contribution in [3.63, 3.8) is 0 Å². The molecule has 0 spiro atoms. The lowest BCUT2D eigenvalue weighted by molar-refractivity contribution is -0.460. The fraction of sp³-hybridized carbons (Fsp3) is 0.812. The van der Waals surface area contributed by atoms with Crippen LogP contribution in [0.25, 0.3) is 0 Å². The number of esters is 4. The summed E-state index contributed by atoms with van der Waals surface area (Å²) in [6.07, 6.45) is 2.50. The van der Waals surface area contributed by atoms with Gasteiger partial charge < -0.3 is 47.0 Å². The summed E-state index contributed by atoms with van der Waals surface area (Å²) in [5, 5.41) is 0. The number of ether oxygens (including phenoxy) is 8. The summed E-state index contributed by atoms with van der Waals surface area (Å²) in [5.74, 6) is -2.31. The minimum atomic E-state index is -5.17. The fourth-order valence-electron chi connectivity index (χ4n) is 5.28. The van der Waals surface area contributed by atoms with Crippen LogP contribution in [0.4, 0.5) is 0 Å². The molecule has 2 rings (SSSR count). The molecule has 0 aromatic heterocycles. The van der Waals surface area contributed by atoms with Crippen molar-refractivity contribution in [3.05, 3.63) is 0 Å². The third-order valence-electron chi connectivity index (χ3n) is 7.67. The van der Waals surface area contributed by atoms with Crippen LogP contribution in [0, 0.1) is 10.8 Å². The maximum atomic E-state index is 12.5. The number of hydrogen-bond donors (Lipinski definition) is 6. The Kier molecular flexibility index (Phi) is 25.7. The van der Waals surface area contributed by atoms with Gasteiger partial charge >= 0.3 is 35.8 Å². The zero-order valence-corrected chi connectivity index (χ0v) is 32.9. The highest BCUT2D eigenvalue weighted by atomic mass is 32.3. The maximum Gasteiger partial charge on any atom is 0.338 e. The zero-order valence-electron chi connectivity index (χ0n) is 32.1. The number of carbonyl (C=O) groups is 4. The second kappa shape index (κ2) is 27.7. The molecule has 23 heteroatoms. The normalized spacial score (nSPS) is 18.4. The molecule has 0 amide bonds. The molecule has 2 fully saturated rings. The monoisotopic (exact) mass is 816 g/mol. The Bertz CT molecular complexity index is 1200. The number of hydrogen-bond acceptors (Lipinski definition) is 16. The van der Waals surface area contributed by atoms with Gasteiger partial charge in [-0.3, -0.25) is 60.5 Å². The Labute approximate surface area is 321 Å². The molecule has 10 N–H and O–H groups in total. The van der Waals surface area contributed by atoms with Crippen LogP contribution in [0.5, 0.6) is 0 Å². The minimum Gasteiger partial charge on any atom is -0.759 e. The first kappa shape index (κ1) is 51.1. The van der Waals surface area contributed by atoms with Crippen LogP contribution in [-0.2, 0) is 67.5 Å². The van der Waals surface area contributed by atoms with Crippen LogP contribution >= 0.6 is 0 Å².